The molecule has 4 heteroatoms. The smallest absolute Gasteiger partial charge is 0.251 e. The first kappa shape index (κ1) is 13.7. The van der Waals surface area contributed by atoms with Crippen molar-refractivity contribution in [2.75, 3.05) is 5.32 Å². The van der Waals surface area contributed by atoms with Gasteiger partial charge in [-0.25, -0.2) is 0 Å². The number of amides is 1. The summed E-state index contributed by atoms with van der Waals surface area (Å²) in [6.07, 6.45) is 6.43. The van der Waals surface area contributed by atoms with Gasteiger partial charge in [0.25, 0.3) is 5.91 Å². The number of aryl methyl sites for hydroxylation is 1. The number of rotatable bonds is 6. The average Bonchev–Trinajstić information content (AvgIpc) is 3.20. The lowest BCUT2D eigenvalue weighted by molar-refractivity contribution is 0.0951. The van der Waals surface area contributed by atoms with Gasteiger partial charge in [0.05, 0.1) is 0 Å². The van der Waals surface area contributed by atoms with Gasteiger partial charge in [-0.2, -0.15) is 0 Å². The summed E-state index contributed by atoms with van der Waals surface area (Å²) in [5.74, 6) is 0.0262. The topological polar surface area (TPSA) is 46.1 Å². The van der Waals surface area contributed by atoms with Gasteiger partial charge in [0.2, 0.25) is 0 Å². The van der Waals surface area contributed by atoms with Gasteiger partial charge in [0.1, 0.15) is 0 Å². The van der Waals surface area contributed by atoms with Crippen molar-refractivity contribution in [2.24, 2.45) is 0 Å². The van der Waals surface area contributed by atoms with Crippen molar-refractivity contribution in [2.45, 2.75) is 38.9 Å². The van der Waals surface area contributed by atoms with E-state index in [1.165, 1.54) is 5.56 Å². The van der Waals surface area contributed by atoms with E-state index in [9.17, 15) is 4.79 Å². The minimum atomic E-state index is 0.0262. The fraction of sp³-hybridized carbons (Fsp3) is 0.353. The Bertz CT molecular complexity index is 628. The molecular weight excluding hydrogens is 262 g/mol. The summed E-state index contributed by atoms with van der Waals surface area (Å²) in [4.78, 5) is 12.0. The molecule has 0 atom stereocenters. The van der Waals surface area contributed by atoms with E-state index in [0.717, 1.165) is 37.2 Å². The quantitative estimate of drug-likeness (QED) is 0.856. The van der Waals surface area contributed by atoms with Crippen molar-refractivity contribution in [3.63, 3.8) is 0 Å². The third-order valence-electron chi connectivity index (χ3n) is 3.71. The van der Waals surface area contributed by atoms with Crippen molar-refractivity contribution >= 4 is 11.6 Å². The minimum Gasteiger partial charge on any atom is -0.381 e. The number of carbonyl (C=O) groups excluding carboxylic acids is 1. The van der Waals surface area contributed by atoms with Crippen LogP contribution in [0, 0.1) is 0 Å². The molecule has 1 aromatic carbocycles. The van der Waals surface area contributed by atoms with E-state index >= 15 is 0 Å². The molecule has 0 bridgehead atoms. The summed E-state index contributed by atoms with van der Waals surface area (Å²) < 4.78 is 2.15. The van der Waals surface area contributed by atoms with Crippen LogP contribution in [0.5, 0.6) is 0 Å². The summed E-state index contributed by atoms with van der Waals surface area (Å²) in [7, 11) is 0. The van der Waals surface area contributed by atoms with Crippen molar-refractivity contribution in [1.29, 1.82) is 0 Å². The Morgan fingerprint density at radius 1 is 1.33 bits per heavy atom. The summed E-state index contributed by atoms with van der Waals surface area (Å²) in [5, 5.41) is 6.38. The number of nitrogens with one attached hydrogen (secondary N) is 2. The van der Waals surface area contributed by atoms with Crippen LogP contribution in [-0.2, 0) is 13.1 Å². The highest BCUT2D eigenvalue weighted by molar-refractivity contribution is 5.95. The third kappa shape index (κ3) is 3.66. The standard InChI is InChI=1S/C17H21N3O/c1-2-20-9-8-13(12-20)11-18-16-5-3-4-14(10-16)17(21)19-15-6-7-15/h3-5,8-10,12,15,18H,2,6-7,11H2,1H3,(H,19,21). The van der Waals surface area contributed by atoms with Crippen LogP contribution in [0.2, 0.25) is 0 Å². The van der Waals surface area contributed by atoms with Gasteiger partial charge < -0.3 is 15.2 Å². The van der Waals surface area contributed by atoms with E-state index in [2.05, 4.69) is 40.6 Å². The highest BCUT2D eigenvalue weighted by Gasteiger charge is 2.23. The van der Waals surface area contributed by atoms with E-state index in [1.54, 1.807) is 0 Å². The monoisotopic (exact) mass is 283 g/mol. The molecule has 1 aromatic heterocycles. The van der Waals surface area contributed by atoms with Crippen LogP contribution < -0.4 is 10.6 Å². The molecule has 1 saturated carbocycles. The molecule has 0 aliphatic heterocycles. The second kappa shape index (κ2) is 6.04. The zero-order valence-electron chi connectivity index (χ0n) is 12.3. The molecule has 0 unspecified atom stereocenters. The highest BCUT2D eigenvalue weighted by Crippen LogP contribution is 2.20. The lowest BCUT2D eigenvalue weighted by Gasteiger charge is -2.08. The van der Waals surface area contributed by atoms with Crippen LogP contribution in [-0.4, -0.2) is 16.5 Å². The van der Waals surface area contributed by atoms with Crippen molar-refractivity contribution in [3.05, 3.63) is 53.9 Å². The maximum Gasteiger partial charge on any atom is 0.251 e. The Morgan fingerprint density at radius 2 is 2.19 bits per heavy atom. The van der Waals surface area contributed by atoms with E-state index in [-0.39, 0.29) is 5.91 Å². The van der Waals surface area contributed by atoms with E-state index in [4.69, 9.17) is 0 Å². The molecule has 1 aliphatic rings. The Kier molecular flexibility index (Phi) is 3.95. The molecule has 2 aromatic rings. The zero-order chi connectivity index (χ0) is 14.7. The Hall–Kier alpha value is -2.23. The molecule has 0 spiro atoms. The first-order valence-corrected chi connectivity index (χ1v) is 7.54. The molecule has 1 fully saturated rings. The van der Waals surface area contributed by atoms with Crippen LogP contribution >= 0.6 is 0 Å². The van der Waals surface area contributed by atoms with Gasteiger partial charge in [-0.1, -0.05) is 6.07 Å². The molecule has 4 nitrogen and oxygen atoms in total. The van der Waals surface area contributed by atoms with E-state index in [0.29, 0.717) is 6.04 Å². The lowest BCUT2D eigenvalue weighted by atomic mass is 10.2. The zero-order valence-corrected chi connectivity index (χ0v) is 12.3. The number of hydrogen-bond donors (Lipinski definition) is 2. The van der Waals surface area contributed by atoms with Crippen LogP contribution in [0.25, 0.3) is 0 Å². The van der Waals surface area contributed by atoms with E-state index in [1.807, 2.05) is 24.3 Å². The normalized spacial score (nSPS) is 14.0. The van der Waals surface area contributed by atoms with Crippen LogP contribution in [0.3, 0.4) is 0 Å². The van der Waals surface area contributed by atoms with Crippen molar-refractivity contribution < 1.29 is 4.79 Å². The maximum atomic E-state index is 12.0. The molecular formula is C17H21N3O. The van der Waals surface area contributed by atoms with Gasteiger partial charge in [-0.15, -0.1) is 0 Å². The fourth-order valence-corrected chi connectivity index (χ4v) is 2.26. The molecule has 1 heterocycles. The second-order valence-corrected chi connectivity index (χ2v) is 5.53. The van der Waals surface area contributed by atoms with Gasteiger partial charge >= 0.3 is 0 Å². The van der Waals surface area contributed by atoms with Gasteiger partial charge in [0.15, 0.2) is 0 Å². The first-order chi connectivity index (χ1) is 10.2. The fourth-order valence-electron chi connectivity index (χ4n) is 2.26. The summed E-state index contributed by atoms with van der Waals surface area (Å²) in [6.45, 7) is 3.87. The highest BCUT2D eigenvalue weighted by atomic mass is 16.1. The molecule has 1 aliphatic carbocycles. The summed E-state index contributed by atoms with van der Waals surface area (Å²) >= 11 is 0. The Morgan fingerprint density at radius 3 is 2.90 bits per heavy atom. The van der Waals surface area contributed by atoms with Crippen molar-refractivity contribution in [1.82, 2.24) is 9.88 Å². The van der Waals surface area contributed by atoms with Gasteiger partial charge in [-0.3, -0.25) is 4.79 Å². The molecule has 1 amide bonds. The van der Waals surface area contributed by atoms with Gasteiger partial charge in [-0.05, 0) is 49.6 Å². The SMILES string of the molecule is CCn1ccc(CNc2cccc(C(=O)NC3CC3)c2)c1. The molecule has 3 rings (SSSR count). The number of aromatic nitrogens is 1. The number of benzene rings is 1. The number of hydrogen-bond acceptors (Lipinski definition) is 2. The van der Waals surface area contributed by atoms with Crippen LogP contribution in [0.4, 0.5) is 5.69 Å². The molecule has 2 N–H and O–H groups in total. The Balaban J connectivity index is 1.60. The number of carbonyl (C=O) groups is 1. The number of nitrogens with zero attached hydrogens (tertiary/aromatic N) is 1. The molecule has 0 radical (unpaired) electrons. The predicted octanol–water partition coefficient (Wildman–Crippen LogP) is 3.01. The number of anilines is 1. The third-order valence-corrected chi connectivity index (χ3v) is 3.71. The van der Waals surface area contributed by atoms with Crippen LogP contribution in [0.15, 0.2) is 42.7 Å². The van der Waals surface area contributed by atoms with Gasteiger partial charge in [0, 0.05) is 42.8 Å². The molecule has 21 heavy (non-hydrogen) atoms. The summed E-state index contributed by atoms with van der Waals surface area (Å²) in [5.41, 5.74) is 2.94. The Labute approximate surface area is 125 Å². The largest absolute Gasteiger partial charge is 0.381 e. The van der Waals surface area contributed by atoms with Crippen LogP contribution in [0.1, 0.15) is 35.7 Å². The first-order valence-electron chi connectivity index (χ1n) is 7.54. The second-order valence-electron chi connectivity index (χ2n) is 5.53. The van der Waals surface area contributed by atoms with E-state index < -0.39 is 0 Å². The van der Waals surface area contributed by atoms with Crippen molar-refractivity contribution in [3.8, 4) is 0 Å². The summed E-state index contributed by atoms with van der Waals surface area (Å²) in [6, 6.07) is 10.2. The minimum absolute atomic E-state index is 0.0262. The molecule has 110 valence electrons. The maximum absolute atomic E-state index is 12.0. The average molecular weight is 283 g/mol. The molecule has 0 saturated heterocycles. The predicted molar refractivity (Wildman–Crippen MR) is 84.4 cm³/mol. The lowest BCUT2D eigenvalue weighted by Crippen LogP contribution is -2.25.